The third-order valence-electron chi connectivity index (χ3n) is 16.0. The molecule has 0 atom stereocenters. The summed E-state index contributed by atoms with van der Waals surface area (Å²) >= 11 is 0. The van der Waals surface area contributed by atoms with Gasteiger partial charge in [-0.2, -0.15) is 0 Å². The van der Waals surface area contributed by atoms with Gasteiger partial charge in [-0.1, -0.05) is 162 Å². The van der Waals surface area contributed by atoms with E-state index in [4.69, 9.17) is 8.83 Å². The lowest BCUT2D eigenvalue weighted by atomic mass is 9.72. The molecule has 2 aromatic heterocycles. The molecule has 3 aliphatic carbocycles. The predicted octanol–water partition coefficient (Wildman–Crippen LogP) is 17.8. The van der Waals surface area contributed by atoms with Crippen LogP contribution < -0.4 is 4.90 Å². The highest BCUT2D eigenvalue weighted by molar-refractivity contribution is 6.21. The molecule has 0 fully saturated rings. The molecule has 67 heavy (non-hydrogen) atoms. The maximum atomic E-state index is 6.97. The van der Waals surface area contributed by atoms with Crippen LogP contribution in [0.4, 0.5) is 17.1 Å². The molecule has 322 valence electrons. The van der Waals surface area contributed by atoms with E-state index in [2.05, 4.69) is 223 Å². The van der Waals surface area contributed by atoms with Crippen LogP contribution in [0.5, 0.6) is 0 Å². The first-order valence-corrected chi connectivity index (χ1v) is 23.8. The lowest BCUT2D eigenvalue weighted by molar-refractivity contribution is 0.600. The van der Waals surface area contributed by atoms with E-state index >= 15 is 0 Å². The number of furan rings is 2. The van der Waals surface area contributed by atoms with Crippen molar-refractivity contribution in [1.82, 2.24) is 0 Å². The lowest BCUT2D eigenvalue weighted by Gasteiger charge is -2.32. The number of para-hydroxylation sites is 2. The predicted molar refractivity (Wildman–Crippen MR) is 279 cm³/mol. The van der Waals surface area contributed by atoms with Crippen molar-refractivity contribution in [3.63, 3.8) is 0 Å². The Kier molecular flexibility index (Phi) is 7.52. The normalized spacial score (nSPS) is 15.4. The van der Waals surface area contributed by atoms with E-state index in [0.29, 0.717) is 0 Å². The van der Waals surface area contributed by atoms with Gasteiger partial charge in [-0.15, -0.1) is 0 Å². The molecule has 0 spiro atoms. The molecular weight excluding hydrogens is 815 g/mol. The first kappa shape index (κ1) is 38.6. The van der Waals surface area contributed by atoms with Crippen LogP contribution in [0.1, 0.15) is 80.5 Å². The Bertz CT molecular complexity index is 3950. The Labute approximate surface area is 390 Å². The number of aryl methyl sites for hydroxylation is 1. The Morgan fingerprint density at radius 1 is 0.373 bits per heavy atom. The van der Waals surface area contributed by atoms with Crippen LogP contribution >= 0.6 is 0 Å². The molecule has 0 N–H and O–H groups in total. The van der Waals surface area contributed by atoms with Gasteiger partial charge in [0.05, 0.1) is 0 Å². The molecule has 0 aliphatic heterocycles. The highest BCUT2D eigenvalue weighted by Gasteiger charge is 2.49. The minimum Gasteiger partial charge on any atom is -0.455 e. The van der Waals surface area contributed by atoms with Crippen molar-refractivity contribution in [2.75, 3.05) is 4.90 Å². The van der Waals surface area contributed by atoms with Crippen molar-refractivity contribution < 1.29 is 8.83 Å². The van der Waals surface area contributed by atoms with E-state index in [1.807, 2.05) is 0 Å². The molecule has 14 rings (SSSR count). The van der Waals surface area contributed by atoms with Gasteiger partial charge in [-0.3, -0.25) is 0 Å². The zero-order valence-corrected chi connectivity index (χ0v) is 38.9. The van der Waals surface area contributed by atoms with E-state index in [-0.39, 0.29) is 16.2 Å². The second-order valence-corrected chi connectivity index (χ2v) is 20.9. The number of benzene rings is 9. The summed E-state index contributed by atoms with van der Waals surface area (Å²) in [4.78, 5) is 2.48. The van der Waals surface area contributed by atoms with Gasteiger partial charge in [0.25, 0.3) is 0 Å². The van der Waals surface area contributed by atoms with E-state index in [1.54, 1.807) is 0 Å². The van der Waals surface area contributed by atoms with Gasteiger partial charge in [0.1, 0.15) is 22.3 Å². The molecule has 2 heterocycles. The fourth-order valence-electron chi connectivity index (χ4n) is 12.9. The Morgan fingerprint density at radius 2 is 0.881 bits per heavy atom. The van der Waals surface area contributed by atoms with Gasteiger partial charge < -0.3 is 13.7 Å². The Balaban J connectivity index is 0.988. The molecule has 0 saturated heterocycles. The highest BCUT2D eigenvalue weighted by Crippen LogP contribution is 2.64. The van der Waals surface area contributed by atoms with Crippen LogP contribution in [0.25, 0.3) is 88.4 Å². The summed E-state index contributed by atoms with van der Waals surface area (Å²) in [6.45, 7) is 16.7. The van der Waals surface area contributed by atoms with E-state index in [9.17, 15) is 0 Å². The van der Waals surface area contributed by atoms with Crippen LogP contribution in [0.2, 0.25) is 0 Å². The first-order valence-electron chi connectivity index (χ1n) is 23.8. The molecule has 0 saturated carbocycles. The van der Waals surface area contributed by atoms with Crippen molar-refractivity contribution in [1.29, 1.82) is 0 Å². The summed E-state index contributed by atoms with van der Waals surface area (Å²) in [7, 11) is 0. The summed E-state index contributed by atoms with van der Waals surface area (Å²) in [5, 5.41) is 4.74. The maximum Gasteiger partial charge on any atom is 0.144 e. The largest absolute Gasteiger partial charge is 0.455 e. The van der Waals surface area contributed by atoms with Gasteiger partial charge in [0.2, 0.25) is 0 Å². The van der Waals surface area contributed by atoms with Gasteiger partial charge >= 0.3 is 0 Å². The second kappa shape index (κ2) is 13.0. The van der Waals surface area contributed by atoms with Crippen LogP contribution in [0.15, 0.2) is 179 Å². The maximum absolute atomic E-state index is 6.97. The number of hydrogen-bond donors (Lipinski definition) is 0. The van der Waals surface area contributed by atoms with Gasteiger partial charge in [-0.05, 0) is 128 Å². The minimum absolute atomic E-state index is 0.218. The third-order valence-corrected chi connectivity index (χ3v) is 16.0. The quantitative estimate of drug-likeness (QED) is 0.177. The molecule has 0 unspecified atom stereocenters. The molecule has 11 aromatic rings. The topological polar surface area (TPSA) is 29.5 Å². The molecule has 0 bridgehead atoms. The standard InChI is InChI=1S/C64H49NO2/c1-36-25-27-38(28-26-36)65(39-29-31-42-48(33-39)62(2,3)50-35-46(37-17-9-8-10-18-37)60-55(53(42)50)44-20-12-15-23-51(44)66-60)40-30-32-43-49(34-40)64(6,7)58-54(43)56-45-21-13-16-24-52(45)67-61(56)57-41-19-11-14-22-47(41)63(4,5)59(57)58/h8-35H,1-7H3. The minimum atomic E-state index is -0.313. The van der Waals surface area contributed by atoms with Crippen molar-refractivity contribution in [3.8, 4) is 44.5 Å². The fourth-order valence-corrected chi connectivity index (χ4v) is 12.9. The van der Waals surface area contributed by atoms with Gasteiger partial charge in [0.15, 0.2) is 0 Å². The second-order valence-electron chi connectivity index (χ2n) is 20.9. The van der Waals surface area contributed by atoms with E-state index in [0.717, 1.165) is 55.9 Å². The summed E-state index contributed by atoms with van der Waals surface area (Å²) < 4.78 is 13.8. The average Bonchev–Trinajstić information content (AvgIpc) is 4.09. The summed E-state index contributed by atoms with van der Waals surface area (Å²) in [6.07, 6.45) is 0. The Hall–Kier alpha value is -7.62. The van der Waals surface area contributed by atoms with Gasteiger partial charge in [-0.25, -0.2) is 0 Å². The molecule has 9 aromatic carbocycles. The van der Waals surface area contributed by atoms with Crippen LogP contribution in [0, 0.1) is 6.92 Å². The van der Waals surface area contributed by atoms with E-state index < -0.39 is 0 Å². The lowest BCUT2D eigenvalue weighted by Crippen LogP contribution is -2.24. The zero-order chi connectivity index (χ0) is 45.3. The number of hydrogen-bond acceptors (Lipinski definition) is 3. The molecular formula is C64H49NO2. The highest BCUT2D eigenvalue weighted by atomic mass is 16.3. The fraction of sp³-hybridized carbons (Fsp3) is 0.156. The monoisotopic (exact) mass is 863 g/mol. The molecule has 0 amide bonds. The average molecular weight is 864 g/mol. The van der Waals surface area contributed by atoms with Crippen LogP contribution in [-0.2, 0) is 16.2 Å². The third kappa shape index (κ3) is 4.96. The van der Waals surface area contributed by atoms with Crippen LogP contribution in [0.3, 0.4) is 0 Å². The Morgan fingerprint density at radius 3 is 1.57 bits per heavy atom. The summed E-state index contributed by atoms with van der Waals surface area (Å²) in [5.74, 6) is 0. The smallest absolute Gasteiger partial charge is 0.144 e. The van der Waals surface area contributed by atoms with E-state index in [1.165, 1.54) is 88.5 Å². The SMILES string of the molecule is Cc1ccc(N(c2ccc3c(c2)C(C)(C)c2cc(-c4ccccc4)c4oc5ccccc5c4c2-3)c2ccc3c(c2)C(C)(C)c2c4c(c5oc6ccccc6c5c2-3)-c2ccccc2C4(C)C)cc1. The van der Waals surface area contributed by atoms with Gasteiger partial charge in [0, 0.05) is 66.0 Å². The van der Waals surface area contributed by atoms with Crippen molar-refractivity contribution >= 4 is 60.9 Å². The van der Waals surface area contributed by atoms with Crippen molar-refractivity contribution in [2.24, 2.45) is 0 Å². The molecule has 3 aliphatic rings. The number of anilines is 3. The van der Waals surface area contributed by atoms with Crippen molar-refractivity contribution in [3.05, 3.63) is 209 Å². The molecule has 0 radical (unpaired) electrons. The summed E-state index contributed by atoms with van der Waals surface area (Å²) in [6, 6.07) is 62.7. The number of rotatable bonds is 4. The van der Waals surface area contributed by atoms with Crippen LogP contribution in [-0.4, -0.2) is 0 Å². The number of nitrogens with zero attached hydrogens (tertiary/aromatic N) is 1. The van der Waals surface area contributed by atoms with Crippen molar-refractivity contribution in [2.45, 2.75) is 64.7 Å². The first-order chi connectivity index (χ1) is 32.4. The molecule has 3 nitrogen and oxygen atoms in total. The number of fused-ring (bicyclic) bond motifs is 19. The summed E-state index contributed by atoms with van der Waals surface area (Å²) in [5.41, 5.74) is 25.7. The molecule has 3 heteroatoms. The zero-order valence-electron chi connectivity index (χ0n) is 38.9.